The number of halogens is 4. The number of amides is 2. The Morgan fingerprint density at radius 1 is 1.22 bits per heavy atom. The summed E-state index contributed by atoms with van der Waals surface area (Å²) in [5, 5.41) is 2.58. The van der Waals surface area contributed by atoms with Crippen LogP contribution >= 0.6 is 11.6 Å². The lowest BCUT2D eigenvalue weighted by Crippen LogP contribution is -2.56. The van der Waals surface area contributed by atoms with Crippen molar-refractivity contribution in [3.05, 3.63) is 22.8 Å². The van der Waals surface area contributed by atoms with Crippen LogP contribution in [0.5, 0.6) is 0 Å². The molecule has 0 aliphatic carbocycles. The van der Waals surface area contributed by atoms with Crippen LogP contribution in [0.3, 0.4) is 0 Å². The van der Waals surface area contributed by atoms with Gasteiger partial charge in [0.15, 0.2) is 0 Å². The van der Waals surface area contributed by atoms with E-state index in [1.165, 1.54) is 6.92 Å². The fraction of sp³-hybridized carbons (Fsp3) is 0.588. The highest BCUT2D eigenvalue weighted by atomic mass is 35.5. The number of alkyl halides is 3. The SMILES string of the molecule is CC(=O)NC(C(=O)N1CCN(c2ncc(C(F)(F)F)cc2Cl)CC1)C(C)C. The van der Waals surface area contributed by atoms with Crippen LogP contribution in [-0.2, 0) is 15.8 Å². The second-order valence-corrected chi connectivity index (χ2v) is 7.17. The van der Waals surface area contributed by atoms with E-state index < -0.39 is 17.8 Å². The van der Waals surface area contributed by atoms with Gasteiger partial charge in [-0.2, -0.15) is 13.2 Å². The molecule has 1 aliphatic rings. The number of pyridine rings is 1. The molecule has 1 saturated heterocycles. The van der Waals surface area contributed by atoms with Crippen molar-refractivity contribution in [1.29, 1.82) is 0 Å². The quantitative estimate of drug-likeness (QED) is 0.834. The van der Waals surface area contributed by atoms with Gasteiger partial charge in [-0.1, -0.05) is 25.4 Å². The third kappa shape index (κ3) is 5.24. The number of carbonyl (C=O) groups excluding carboxylic acids is 2. The van der Waals surface area contributed by atoms with E-state index in [4.69, 9.17) is 11.6 Å². The topological polar surface area (TPSA) is 65.5 Å². The van der Waals surface area contributed by atoms with E-state index in [0.717, 1.165) is 12.3 Å². The molecular weight excluding hydrogens is 385 g/mol. The van der Waals surface area contributed by atoms with Gasteiger partial charge in [0.25, 0.3) is 0 Å². The van der Waals surface area contributed by atoms with Crippen LogP contribution < -0.4 is 10.2 Å². The zero-order valence-electron chi connectivity index (χ0n) is 15.3. The predicted octanol–water partition coefficient (Wildman–Crippen LogP) is 2.56. The summed E-state index contributed by atoms with van der Waals surface area (Å²) in [4.78, 5) is 31.2. The van der Waals surface area contributed by atoms with E-state index in [1.807, 2.05) is 13.8 Å². The van der Waals surface area contributed by atoms with E-state index in [9.17, 15) is 22.8 Å². The molecule has 27 heavy (non-hydrogen) atoms. The minimum absolute atomic E-state index is 0.0644. The summed E-state index contributed by atoms with van der Waals surface area (Å²) in [6, 6.07) is 0.245. The van der Waals surface area contributed by atoms with Gasteiger partial charge in [-0.25, -0.2) is 4.98 Å². The minimum atomic E-state index is -4.50. The molecular formula is C17H22ClF3N4O2. The molecule has 0 radical (unpaired) electrons. The molecule has 0 spiro atoms. The first-order valence-corrected chi connectivity index (χ1v) is 8.92. The van der Waals surface area contributed by atoms with Crippen molar-refractivity contribution in [3.8, 4) is 0 Å². The number of hydrogen-bond donors (Lipinski definition) is 1. The number of carbonyl (C=O) groups is 2. The van der Waals surface area contributed by atoms with E-state index in [-0.39, 0.29) is 28.6 Å². The Kier molecular flexibility index (Phi) is 6.56. The first-order chi connectivity index (χ1) is 12.5. The summed E-state index contributed by atoms with van der Waals surface area (Å²) in [5.41, 5.74) is -0.903. The summed E-state index contributed by atoms with van der Waals surface area (Å²) >= 11 is 5.98. The number of nitrogens with one attached hydrogen (secondary N) is 1. The van der Waals surface area contributed by atoms with E-state index in [2.05, 4.69) is 10.3 Å². The van der Waals surface area contributed by atoms with Crippen LogP contribution in [0.4, 0.5) is 19.0 Å². The molecule has 1 atom stereocenters. The van der Waals surface area contributed by atoms with Gasteiger partial charge in [0.1, 0.15) is 11.9 Å². The van der Waals surface area contributed by atoms with Gasteiger partial charge in [0.2, 0.25) is 11.8 Å². The Morgan fingerprint density at radius 3 is 2.26 bits per heavy atom. The first-order valence-electron chi connectivity index (χ1n) is 8.54. The molecule has 10 heteroatoms. The highest BCUT2D eigenvalue weighted by molar-refractivity contribution is 6.33. The maximum atomic E-state index is 12.7. The highest BCUT2D eigenvalue weighted by Crippen LogP contribution is 2.33. The minimum Gasteiger partial charge on any atom is -0.352 e. The lowest BCUT2D eigenvalue weighted by atomic mass is 10.0. The molecule has 2 heterocycles. The fourth-order valence-electron chi connectivity index (χ4n) is 2.89. The maximum absolute atomic E-state index is 12.7. The van der Waals surface area contributed by atoms with Crippen LogP contribution in [0, 0.1) is 5.92 Å². The summed E-state index contributed by atoms with van der Waals surface area (Å²) in [5.74, 6) is -0.253. The number of hydrogen-bond acceptors (Lipinski definition) is 4. The number of anilines is 1. The van der Waals surface area contributed by atoms with Crippen LogP contribution in [0.15, 0.2) is 12.3 Å². The monoisotopic (exact) mass is 406 g/mol. The zero-order chi connectivity index (χ0) is 20.4. The molecule has 1 unspecified atom stereocenters. The number of piperazine rings is 1. The number of aromatic nitrogens is 1. The summed E-state index contributed by atoms with van der Waals surface area (Å²) in [7, 11) is 0. The van der Waals surface area contributed by atoms with E-state index in [0.29, 0.717) is 26.2 Å². The van der Waals surface area contributed by atoms with Gasteiger partial charge in [0, 0.05) is 39.3 Å². The molecule has 2 amide bonds. The van der Waals surface area contributed by atoms with Gasteiger partial charge < -0.3 is 15.1 Å². The molecule has 0 saturated carbocycles. The molecule has 0 aromatic carbocycles. The van der Waals surface area contributed by atoms with Crippen LogP contribution in [0.1, 0.15) is 26.3 Å². The Labute approximate surface area is 160 Å². The Balaban J connectivity index is 2.04. The average Bonchev–Trinajstić information content (AvgIpc) is 2.58. The molecule has 1 N–H and O–H groups in total. The van der Waals surface area contributed by atoms with Crippen molar-refractivity contribution in [3.63, 3.8) is 0 Å². The molecule has 150 valence electrons. The van der Waals surface area contributed by atoms with Gasteiger partial charge in [-0.3, -0.25) is 9.59 Å². The van der Waals surface area contributed by atoms with Gasteiger partial charge in [-0.05, 0) is 12.0 Å². The molecule has 1 aromatic heterocycles. The standard InChI is InChI=1S/C17H22ClF3N4O2/c1-10(2)14(23-11(3)26)16(27)25-6-4-24(5-7-25)15-13(18)8-12(9-22-15)17(19,20)21/h8-10,14H,4-7H2,1-3H3,(H,23,26). The van der Waals surface area contributed by atoms with Crippen LogP contribution in [-0.4, -0.2) is 53.9 Å². The number of nitrogens with zero attached hydrogens (tertiary/aromatic N) is 3. The number of rotatable bonds is 4. The summed E-state index contributed by atoms with van der Waals surface area (Å²) < 4.78 is 38.2. The van der Waals surface area contributed by atoms with Gasteiger partial charge >= 0.3 is 6.18 Å². The molecule has 6 nitrogen and oxygen atoms in total. The fourth-order valence-corrected chi connectivity index (χ4v) is 3.17. The lowest BCUT2D eigenvalue weighted by Gasteiger charge is -2.38. The van der Waals surface area contributed by atoms with Crippen molar-refractivity contribution in [2.24, 2.45) is 5.92 Å². The Bertz CT molecular complexity index is 704. The van der Waals surface area contributed by atoms with Gasteiger partial charge in [-0.15, -0.1) is 0 Å². The molecule has 0 bridgehead atoms. The van der Waals surface area contributed by atoms with E-state index >= 15 is 0 Å². The van der Waals surface area contributed by atoms with Crippen molar-refractivity contribution >= 4 is 29.2 Å². The second-order valence-electron chi connectivity index (χ2n) is 6.76. The van der Waals surface area contributed by atoms with Gasteiger partial charge in [0.05, 0.1) is 10.6 Å². The smallest absolute Gasteiger partial charge is 0.352 e. The van der Waals surface area contributed by atoms with Crippen LogP contribution in [0.25, 0.3) is 0 Å². The molecule has 1 fully saturated rings. The average molecular weight is 407 g/mol. The normalized spacial score (nSPS) is 16.4. The van der Waals surface area contributed by atoms with Crippen molar-refractivity contribution < 1.29 is 22.8 Å². The van der Waals surface area contributed by atoms with Crippen molar-refractivity contribution in [1.82, 2.24) is 15.2 Å². The van der Waals surface area contributed by atoms with E-state index in [1.54, 1.807) is 9.80 Å². The Hall–Kier alpha value is -2.03. The predicted molar refractivity (Wildman–Crippen MR) is 95.5 cm³/mol. The molecule has 2 rings (SSSR count). The largest absolute Gasteiger partial charge is 0.417 e. The molecule has 1 aliphatic heterocycles. The summed E-state index contributed by atoms with van der Waals surface area (Å²) in [6.07, 6.45) is -3.75. The second kappa shape index (κ2) is 8.33. The maximum Gasteiger partial charge on any atom is 0.417 e. The zero-order valence-corrected chi connectivity index (χ0v) is 16.1. The van der Waals surface area contributed by atoms with Crippen molar-refractivity contribution in [2.75, 3.05) is 31.1 Å². The van der Waals surface area contributed by atoms with Crippen molar-refractivity contribution in [2.45, 2.75) is 33.0 Å². The first kappa shape index (κ1) is 21.3. The summed E-state index contributed by atoms with van der Waals surface area (Å²) in [6.45, 7) is 6.55. The molecule has 1 aromatic rings. The third-order valence-electron chi connectivity index (χ3n) is 4.33. The highest BCUT2D eigenvalue weighted by Gasteiger charge is 2.33. The van der Waals surface area contributed by atoms with Crippen LogP contribution in [0.2, 0.25) is 5.02 Å². The third-order valence-corrected chi connectivity index (χ3v) is 4.61. The lowest BCUT2D eigenvalue weighted by molar-refractivity contribution is -0.138. The Morgan fingerprint density at radius 2 is 1.81 bits per heavy atom.